The quantitative estimate of drug-likeness (QED) is 0.232. The van der Waals surface area contributed by atoms with Crippen molar-refractivity contribution in [2.45, 2.75) is 50.0 Å². The zero-order valence-electron chi connectivity index (χ0n) is 24.0. The van der Waals surface area contributed by atoms with Gasteiger partial charge in [-0.25, -0.2) is 14.4 Å². The molecule has 4 atom stereocenters. The zero-order chi connectivity index (χ0) is 31.7. The number of alkyl carbamates (subject to hydrolysis) is 2. The van der Waals surface area contributed by atoms with Gasteiger partial charge in [0.1, 0.15) is 30.8 Å². The van der Waals surface area contributed by atoms with E-state index in [2.05, 4.69) is 16.0 Å². The lowest BCUT2D eigenvalue weighted by atomic mass is 10.1. The van der Waals surface area contributed by atoms with Crippen LogP contribution in [-0.4, -0.2) is 97.5 Å². The summed E-state index contributed by atoms with van der Waals surface area (Å²) in [5, 5.41) is 25.0. The Morgan fingerprint density at radius 1 is 0.727 bits per heavy atom. The first-order chi connectivity index (χ1) is 21.2. The van der Waals surface area contributed by atoms with E-state index in [1.807, 2.05) is 60.7 Å². The molecule has 0 unspecified atom stereocenters. The van der Waals surface area contributed by atoms with Crippen molar-refractivity contribution in [3.63, 3.8) is 0 Å². The number of carbonyl (C=O) groups is 5. The summed E-state index contributed by atoms with van der Waals surface area (Å²) >= 11 is 0. The van der Waals surface area contributed by atoms with E-state index in [0.29, 0.717) is 39.3 Å². The van der Waals surface area contributed by atoms with Crippen LogP contribution in [0.1, 0.15) is 24.0 Å². The largest absolute Gasteiger partial charge is 0.480 e. The Hall–Kier alpha value is -4.69. The van der Waals surface area contributed by atoms with Gasteiger partial charge >= 0.3 is 24.1 Å². The second-order valence-corrected chi connectivity index (χ2v) is 10.0. The Bertz CT molecular complexity index is 1220. The first-order valence-electron chi connectivity index (χ1n) is 14.1. The third-order valence-electron chi connectivity index (χ3n) is 6.50. The number of hydrogen-bond donors (Lipinski definition) is 5. The third-order valence-corrected chi connectivity index (χ3v) is 6.50. The Kier molecular flexibility index (Phi) is 13.9. The van der Waals surface area contributed by atoms with Crippen LogP contribution in [-0.2, 0) is 46.2 Å². The topological polar surface area (TPSA) is 199 Å². The lowest BCUT2D eigenvalue weighted by Gasteiger charge is -2.19. The maximum atomic E-state index is 12.2. The number of carbonyl (C=O) groups excluding carboxylic acids is 3. The summed E-state index contributed by atoms with van der Waals surface area (Å²) in [4.78, 5) is 57.5. The number of carboxylic acids is 2. The van der Waals surface area contributed by atoms with Gasteiger partial charge in [0, 0.05) is 25.7 Å². The number of amides is 3. The molecule has 2 aromatic carbocycles. The van der Waals surface area contributed by atoms with E-state index in [0.717, 1.165) is 11.1 Å². The molecule has 0 aromatic heterocycles. The molecule has 14 nitrogen and oxygen atoms in total. The predicted octanol–water partition coefficient (Wildman–Crippen LogP) is 1.51. The average molecular weight is 616 g/mol. The summed E-state index contributed by atoms with van der Waals surface area (Å²) in [6, 6.07) is 16.3. The van der Waals surface area contributed by atoms with Crippen molar-refractivity contribution in [2.75, 3.05) is 33.0 Å². The summed E-state index contributed by atoms with van der Waals surface area (Å²) in [5.41, 5.74) is 1.67. The molecule has 0 saturated carbocycles. The van der Waals surface area contributed by atoms with Gasteiger partial charge in [-0.1, -0.05) is 60.7 Å². The van der Waals surface area contributed by atoms with Crippen molar-refractivity contribution in [2.24, 2.45) is 0 Å². The number of benzene rings is 2. The molecule has 4 rings (SSSR count). The van der Waals surface area contributed by atoms with Gasteiger partial charge in [0.15, 0.2) is 0 Å². The van der Waals surface area contributed by atoms with Crippen molar-refractivity contribution < 1.29 is 53.1 Å². The third kappa shape index (κ3) is 12.7. The van der Waals surface area contributed by atoms with Crippen molar-refractivity contribution in [1.29, 1.82) is 0 Å². The summed E-state index contributed by atoms with van der Waals surface area (Å²) in [6.45, 7) is 1.28. The molecule has 0 bridgehead atoms. The van der Waals surface area contributed by atoms with E-state index in [-0.39, 0.29) is 25.0 Å². The fraction of sp³-hybridized carbons (Fsp3) is 0.433. The van der Waals surface area contributed by atoms with Gasteiger partial charge in [-0.3, -0.25) is 9.59 Å². The number of aliphatic carboxylic acids is 2. The maximum Gasteiger partial charge on any atom is 0.408 e. The lowest BCUT2D eigenvalue weighted by Crippen LogP contribution is -2.49. The van der Waals surface area contributed by atoms with Crippen LogP contribution in [0.4, 0.5) is 9.59 Å². The molecule has 0 radical (unpaired) electrons. The van der Waals surface area contributed by atoms with Crippen LogP contribution in [0.3, 0.4) is 0 Å². The van der Waals surface area contributed by atoms with Crippen LogP contribution in [0.2, 0.25) is 0 Å². The highest BCUT2D eigenvalue weighted by atomic mass is 16.6. The van der Waals surface area contributed by atoms with Crippen LogP contribution in [0.25, 0.3) is 0 Å². The Morgan fingerprint density at radius 3 is 1.59 bits per heavy atom. The van der Waals surface area contributed by atoms with Crippen LogP contribution >= 0.6 is 0 Å². The normalized spacial score (nSPS) is 18.5. The van der Waals surface area contributed by atoms with Crippen LogP contribution in [0.5, 0.6) is 0 Å². The van der Waals surface area contributed by atoms with Crippen LogP contribution in [0, 0.1) is 0 Å². The molecule has 44 heavy (non-hydrogen) atoms. The van der Waals surface area contributed by atoms with Gasteiger partial charge in [0.05, 0.1) is 26.4 Å². The number of ether oxygens (including phenoxy) is 4. The van der Waals surface area contributed by atoms with Crippen molar-refractivity contribution in [1.82, 2.24) is 16.0 Å². The van der Waals surface area contributed by atoms with E-state index in [1.54, 1.807) is 0 Å². The highest BCUT2D eigenvalue weighted by Gasteiger charge is 2.26. The summed E-state index contributed by atoms with van der Waals surface area (Å²) in [6.07, 6.45) is -0.368. The highest BCUT2D eigenvalue weighted by Crippen LogP contribution is 2.11. The number of hydrogen-bond acceptors (Lipinski definition) is 9. The predicted molar refractivity (Wildman–Crippen MR) is 154 cm³/mol. The monoisotopic (exact) mass is 615 g/mol. The molecule has 2 heterocycles. The molecule has 2 aliphatic rings. The van der Waals surface area contributed by atoms with E-state index in [9.17, 15) is 24.0 Å². The van der Waals surface area contributed by atoms with Gasteiger partial charge in [-0.05, 0) is 11.1 Å². The van der Waals surface area contributed by atoms with Gasteiger partial charge in [-0.2, -0.15) is 0 Å². The van der Waals surface area contributed by atoms with Gasteiger partial charge < -0.3 is 45.1 Å². The zero-order valence-corrected chi connectivity index (χ0v) is 24.0. The number of nitrogens with one attached hydrogen (secondary N) is 3. The number of rotatable bonds is 12. The van der Waals surface area contributed by atoms with E-state index in [4.69, 9.17) is 29.2 Å². The molecule has 2 saturated heterocycles. The minimum atomic E-state index is -1.16. The van der Waals surface area contributed by atoms with E-state index < -0.39 is 48.7 Å². The number of carboxylic acid groups (broad SMARTS) is 2. The first-order valence-corrected chi connectivity index (χ1v) is 14.1. The van der Waals surface area contributed by atoms with Gasteiger partial charge in [-0.15, -0.1) is 0 Å². The molecular formula is C30H37N3O11. The Balaban J connectivity index is 0.000000244. The molecular weight excluding hydrogens is 578 g/mol. The minimum absolute atomic E-state index is 0.215. The van der Waals surface area contributed by atoms with Gasteiger partial charge in [0.25, 0.3) is 0 Å². The van der Waals surface area contributed by atoms with Crippen LogP contribution < -0.4 is 16.0 Å². The standard InChI is InChI=1S/C16H20N2O6.C14H17NO5/c19-14(20)9-17-15(21)13(8-11-4-2-1-3-5-11)18-16(22)24-12-6-7-23-10-12;16-13(17)12(8-10-4-2-1-3-5-10)15-14(18)20-11-6-7-19-9-11/h1-5,12-13H,6-10H2,(H,17,21)(H,18,22)(H,19,20);1-5,11-12H,6-9H2,(H,15,18)(H,16,17)/t12-,13-;11-,12-/m00/s1. The molecule has 5 N–H and O–H groups in total. The van der Waals surface area contributed by atoms with E-state index >= 15 is 0 Å². The Morgan fingerprint density at radius 2 is 1.18 bits per heavy atom. The first kappa shape index (κ1) is 33.8. The second-order valence-electron chi connectivity index (χ2n) is 10.0. The molecule has 3 amide bonds. The van der Waals surface area contributed by atoms with Gasteiger partial charge in [0.2, 0.25) is 5.91 Å². The molecule has 0 spiro atoms. The highest BCUT2D eigenvalue weighted by molar-refractivity contribution is 5.88. The van der Waals surface area contributed by atoms with Crippen LogP contribution in [0.15, 0.2) is 60.7 Å². The summed E-state index contributed by atoms with van der Waals surface area (Å²) in [7, 11) is 0. The lowest BCUT2D eigenvalue weighted by molar-refractivity contribution is -0.139. The SMILES string of the molecule is O=C(N[C@@H](Cc1ccccc1)C(=O)O)O[C@H]1CCOC1.O=C(O)CNC(=O)[C@H](Cc1ccccc1)NC(=O)O[C@H]1CCOC1. The molecule has 2 aromatic rings. The summed E-state index contributed by atoms with van der Waals surface area (Å²) in [5.74, 6) is -2.83. The van der Waals surface area contributed by atoms with Crippen molar-refractivity contribution >= 4 is 30.0 Å². The van der Waals surface area contributed by atoms with E-state index in [1.165, 1.54) is 0 Å². The van der Waals surface area contributed by atoms with Crippen molar-refractivity contribution in [3.8, 4) is 0 Å². The second kappa shape index (κ2) is 18.1. The van der Waals surface area contributed by atoms with Crippen molar-refractivity contribution in [3.05, 3.63) is 71.8 Å². The molecule has 0 aliphatic carbocycles. The molecule has 2 aliphatic heterocycles. The minimum Gasteiger partial charge on any atom is -0.480 e. The summed E-state index contributed by atoms with van der Waals surface area (Å²) < 4.78 is 20.5. The Labute approximate surface area is 254 Å². The fourth-order valence-corrected chi connectivity index (χ4v) is 4.26. The fourth-order valence-electron chi connectivity index (χ4n) is 4.26. The smallest absolute Gasteiger partial charge is 0.408 e. The molecule has 238 valence electrons. The molecule has 2 fully saturated rings. The molecule has 14 heteroatoms. The maximum absolute atomic E-state index is 12.2. The average Bonchev–Trinajstić information content (AvgIpc) is 3.71.